The molecular formula is C18H39N. The van der Waals surface area contributed by atoms with E-state index in [1.807, 2.05) is 0 Å². The molecule has 0 saturated carbocycles. The van der Waals surface area contributed by atoms with E-state index >= 15 is 0 Å². The molecule has 0 heterocycles. The summed E-state index contributed by atoms with van der Waals surface area (Å²) in [7, 11) is 0. The van der Waals surface area contributed by atoms with Crippen LogP contribution in [0.4, 0.5) is 0 Å². The van der Waals surface area contributed by atoms with E-state index in [2.05, 4.69) is 39.9 Å². The van der Waals surface area contributed by atoms with E-state index in [9.17, 15) is 0 Å². The van der Waals surface area contributed by atoms with Crippen LogP contribution in [0.15, 0.2) is 0 Å². The maximum absolute atomic E-state index is 3.64. The van der Waals surface area contributed by atoms with Crippen molar-refractivity contribution in [2.24, 2.45) is 17.8 Å². The van der Waals surface area contributed by atoms with Gasteiger partial charge in [-0.2, -0.15) is 0 Å². The Hall–Kier alpha value is -0.0400. The van der Waals surface area contributed by atoms with E-state index < -0.39 is 0 Å². The summed E-state index contributed by atoms with van der Waals surface area (Å²) in [6.07, 6.45) is 11.4. The molecule has 1 nitrogen and oxygen atoms in total. The first kappa shape index (κ1) is 19.0. The molecule has 0 aromatic rings. The standard InChI is InChI=1S/C18H39N/c1-6-7-8-9-10-11-12-13-18(17(4)5)15-19-14-16(2)3/h16-19H,6-15H2,1-5H3. The zero-order valence-electron chi connectivity index (χ0n) is 14.3. The minimum absolute atomic E-state index is 0.770. The fourth-order valence-electron chi connectivity index (χ4n) is 2.59. The molecular weight excluding hydrogens is 230 g/mol. The lowest BCUT2D eigenvalue weighted by atomic mass is 9.90. The Balaban J connectivity index is 3.54. The fraction of sp³-hybridized carbons (Fsp3) is 1.00. The van der Waals surface area contributed by atoms with Crippen LogP contribution in [0.1, 0.15) is 86.0 Å². The van der Waals surface area contributed by atoms with Gasteiger partial charge in [-0.15, -0.1) is 0 Å². The molecule has 116 valence electrons. The molecule has 0 fully saturated rings. The summed E-state index contributed by atoms with van der Waals surface area (Å²) in [5, 5.41) is 3.64. The number of rotatable bonds is 13. The van der Waals surface area contributed by atoms with E-state index in [0.29, 0.717) is 0 Å². The van der Waals surface area contributed by atoms with Crippen LogP contribution in [-0.4, -0.2) is 13.1 Å². The van der Waals surface area contributed by atoms with Crippen LogP contribution >= 0.6 is 0 Å². The van der Waals surface area contributed by atoms with Gasteiger partial charge >= 0.3 is 0 Å². The maximum atomic E-state index is 3.64. The van der Waals surface area contributed by atoms with Gasteiger partial charge in [-0.3, -0.25) is 0 Å². The highest BCUT2D eigenvalue weighted by Gasteiger charge is 2.12. The van der Waals surface area contributed by atoms with Crippen molar-refractivity contribution in [2.75, 3.05) is 13.1 Å². The van der Waals surface area contributed by atoms with Gasteiger partial charge in [-0.05, 0) is 37.3 Å². The van der Waals surface area contributed by atoms with Gasteiger partial charge in [0.25, 0.3) is 0 Å². The van der Waals surface area contributed by atoms with Crippen LogP contribution in [0.2, 0.25) is 0 Å². The van der Waals surface area contributed by atoms with E-state index in [1.54, 1.807) is 0 Å². The quantitative estimate of drug-likeness (QED) is 0.426. The maximum Gasteiger partial charge on any atom is -0.00180 e. The second kappa shape index (κ2) is 13.0. The molecule has 0 saturated heterocycles. The minimum Gasteiger partial charge on any atom is -0.316 e. The van der Waals surface area contributed by atoms with Crippen LogP contribution < -0.4 is 5.32 Å². The minimum atomic E-state index is 0.770. The van der Waals surface area contributed by atoms with Crippen LogP contribution in [0.3, 0.4) is 0 Å². The Bertz CT molecular complexity index is 175. The van der Waals surface area contributed by atoms with Crippen LogP contribution in [0, 0.1) is 17.8 Å². The van der Waals surface area contributed by atoms with Gasteiger partial charge in [-0.25, -0.2) is 0 Å². The first-order valence-electron chi connectivity index (χ1n) is 8.78. The van der Waals surface area contributed by atoms with E-state index in [1.165, 1.54) is 64.5 Å². The van der Waals surface area contributed by atoms with Gasteiger partial charge in [0, 0.05) is 0 Å². The van der Waals surface area contributed by atoms with Crippen LogP contribution in [-0.2, 0) is 0 Å². The molecule has 0 rings (SSSR count). The molecule has 0 spiro atoms. The van der Waals surface area contributed by atoms with Crippen molar-refractivity contribution >= 4 is 0 Å². The lowest BCUT2D eigenvalue weighted by Crippen LogP contribution is -2.29. The predicted molar refractivity (Wildman–Crippen MR) is 88.6 cm³/mol. The Kier molecular flexibility index (Phi) is 12.9. The molecule has 0 aromatic carbocycles. The smallest absolute Gasteiger partial charge is 0.00180 e. The van der Waals surface area contributed by atoms with Gasteiger partial charge in [0.1, 0.15) is 0 Å². The van der Waals surface area contributed by atoms with Crippen LogP contribution in [0.5, 0.6) is 0 Å². The summed E-state index contributed by atoms with van der Waals surface area (Å²) in [4.78, 5) is 0. The van der Waals surface area contributed by atoms with E-state index in [4.69, 9.17) is 0 Å². The molecule has 0 aliphatic carbocycles. The molecule has 0 aliphatic heterocycles. The highest BCUT2D eigenvalue weighted by atomic mass is 14.9. The lowest BCUT2D eigenvalue weighted by molar-refractivity contribution is 0.323. The van der Waals surface area contributed by atoms with Crippen molar-refractivity contribution in [3.05, 3.63) is 0 Å². The van der Waals surface area contributed by atoms with Crippen molar-refractivity contribution in [1.82, 2.24) is 5.32 Å². The van der Waals surface area contributed by atoms with Gasteiger partial charge in [0.2, 0.25) is 0 Å². The summed E-state index contributed by atoms with van der Waals surface area (Å²) in [6, 6.07) is 0. The monoisotopic (exact) mass is 269 g/mol. The number of hydrogen-bond acceptors (Lipinski definition) is 1. The van der Waals surface area contributed by atoms with Crippen molar-refractivity contribution in [2.45, 2.75) is 86.0 Å². The normalized spacial score (nSPS) is 13.4. The zero-order chi connectivity index (χ0) is 14.5. The van der Waals surface area contributed by atoms with Crippen LogP contribution in [0.25, 0.3) is 0 Å². The third-order valence-corrected chi connectivity index (χ3v) is 4.08. The number of unbranched alkanes of at least 4 members (excludes halogenated alkanes) is 6. The molecule has 1 atom stereocenters. The van der Waals surface area contributed by atoms with Gasteiger partial charge in [-0.1, -0.05) is 79.6 Å². The van der Waals surface area contributed by atoms with Crippen molar-refractivity contribution < 1.29 is 0 Å². The molecule has 19 heavy (non-hydrogen) atoms. The molecule has 1 N–H and O–H groups in total. The average molecular weight is 270 g/mol. The Morgan fingerprint density at radius 2 is 1.32 bits per heavy atom. The van der Waals surface area contributed by atoms with E-state index in [0.717, 1.165) is 17.8 Å². The van der Waals surface area contributed by atoms with Crippen molar-refractivity contribution in [1.29, 1.82) is 0 Å². The summed E-state index contributed by atoms with van der Waals surface area (Å²) in [5.41, 5.74) is 0. The van der Waals surface area contributed by atoms with Crippen molar-refractivity contribution in [3.8, 4) is 0 Å². The van der Waals surface area contributed by atoms with Gasteiger partial charge in [0.05, 0.1) is 0 Å². The zero-order valence-corrected chi connectivity index (χ0v) is 14.3. The first-order valence-corrected chi connectivity index (χ1v) is 8.78. The summed E-state index contributed by atoms with van der Waals surface area (Å²) >= 11 is 0. The predicted octanol–water partition coefficient (Wildman–Crippen LogP) is 5.64. The fourth-order valence-corrected chi connectivity index (χ4v) is 2.59. The molecule has 0 bridgehead atoms. The third-order valence-electron chi connectivity index (χ3n) is 4.08. The molecule has 0 aromatic heterocycles. The Morgan fingerprint density at radius 3 is 1.84 bits per heavy atom. The second-order valence-corrected chi connectivity index (χ2v) is 6.97. The summed E-state index contributed by atoms with van der Waals surface area (Å²) in [6.45, 7) is 14.0. The van der Waals surface area contributed by atoms with E-state index in [-0.39, 0.29) is 0 Å². The molecule has 0 radical (unpaired) electrons. The summed E-state index contributed by atoms with van der Waals surface area (Å²) in [5.74, 6) is 2.46. The highest BCUT2D eigenvalue weighted by molar-refractivity contribution is 4.67. The molecule has 0 aliphatic rings. The SMILES string of the molecule is CCCCCCCCCC(CNCC(C)C)C(C)C. The molecule has 1 heteroatoms. The third kappa shape index (κ3) is 12.7. The largest absolute Gasteiger partial charge is 0.316 e. The number of hydrogen-bond donors (Lipinski definition) is 1. The molecule has 1 unspecified atom stereocenters. The highest BCUT2D eigenvalue weighted by Crippen LogP contribution is 2.19. The van der Waals surface area contributed by atoms with Gasteiger partial charge < -0.3 is 5.32 Å². The topological polar surface area (TPSA) is 12.0 Å². The Morgan fingerprint density at radius 1 is 0.737 bits per heavy atom. The molecule has 0 amide bonds. The first-order chi connectivity index (χ1) is 9.07. The van der Waals surface area contributed by atoms with Gasteiger partial charge in [0.15, 0.2) is 0 Å². The second-order valence-electron chi connectivity index (χ2n) is 6.97. The summed E-state index contributed by atoms with van der Waals surface area (Å²) < 4.78 is 0. The lowest BCUT2D eigenvalue weighted by Gasteiger charge is -2.22. The number of nitrogens with one attached hydrogen (secondary N) is 1. The average Bonchev–Trinajstić information content (AvgIpc) is 2.34. The Labute approximate surface area is 122 Å². The van der Waals surface area contributed by atoms with Crippen molar-refractivity contribution in [3.63, 3.8) is 0 Å².